The number of aromatic nitrogens is 2. The van der Waals surface area contributed by atoms with Gasteiger partial charge in [-0.05, 0) is 34.1 Å². The molecule has 0 aliphatic heterocycles. The first-order chi connectivity index (χ1) is 7.66. The number of carbonyl (C=O) groups excluding carboxylic acids is 1. The van der Waals surface area contributed by atoms with Crippen LogP contribution in [-0.2, 0) is 0 Å². The van der Waals surface area contributed by atoms with Gasteiger partial charge in [-0.25, -0.2) is 0 Å². The van der Waals surface area contributed by atoms with Crippen LogP contribution in [0.2, 0.25) is 0 Å². The van der Waals surface area contributed by atoms with Crippen molar-refractivity contribution < 1.29 is 9.90 Å². The van der Waals surface area contributed by atoms with E-state index in [0.717, 1.165) is 0 Å². The maximum absolute atomic E-state index is 11.7. The molecule has 1 heterocycles. The van der Waals surface area contributed by atoms with Gasteiger partial charge in [0, 0.05) is 5.56 Å². The molecule has 0 fully saturated rings. The molecule has 5 nitrogen and oxygen atoms in total. The van der Waals surface area contributed by atoms with Gasteiger partial charge in [-0.3, -0.25) is 10.1 Å². The zero-order valence-electron chi connectivity index (χ0n) is 7.85. The van der Waals surface area contributed by atoms with Crippen LogP contribution < -0.4 is 5.32 Å². The quantitative estimate of drug-likeness (QED) is 0.892. The number of hydrogen-bond donors (Lipinski definition) is 2. The van der Waals surface area contributed by atoms with E-state index in [4.69, 9.17) is 0 Å². The highest BCUT2D eigenvalue weighted by atomic mass is 79.9. The first-order valence-electron chi connectivity index (χ1n) is 4.23. The van der Waals surface area contributed by atoms with Gasteiger partial charge in [0.2, 0.25) is 5.13 Å². The van der Waals surface area contributed by atoms with E-state index in [1.54, 1.807) is 12.1 Å². The Hall–Kier alpha value is -1.47. The SMILES string of the molecule is O=C(Nc1nncs1)c1ccc(Br)c(O)c1. The molecule has 0 radical (unpaired) electrons. The zero-order chi connectivity index (χ0) is 11.5. The van der Waals surface area contributed by atoms with E-state index < -0.39 is 0 Å². The molecule has 0 unspecified atom stereocenters. The lowest BCUT2D eigenvalue weighted by molar-refractivity contribution is 0.102. The Kier molecular flexibility index (Phi) is 3.16. The van der Waals surface area contributed by atoms with Crippen LogP contribution in [0, 0.1) is 0 Å². The molecular formula is C9H6BrN3O2S. The Labute approximate surface area is 103 Å². The molecule has 0 atom stereocenters. The molecule has 0 spiro atoms. The van der Waals surface area contributed by atoms with Crippen LogP contribution in [0.3, 0.4) is 0 Å². The molecule has 1 aromatic heterocycles. The van der Waals surface area contributed by atoms with Gasteiger partial charge in [0.15, 0.2) is 0 Å². The first-order valence-corrected chi connectivity index (χ1v) is 5.90. The molecule has 0 aliphatic carbocycles. The first kappa shape index (κ1) is 11.0. The number of anilines is 1. The van der Waals surface area contributed by atoms with Crippen LogP contribution in [0.5, 0.6) is 5.75 Å². The molecule has 7 heteroatoms. The van der Waals surface area contributed by atoms with Crippen LogP contribution >= 0.6 is 27.3 Å². The van der Waals surface area contributed by atoms with E-state index in [0.29, 0.717) is 15.2 Å². The Balaban J connectivity index is 2.18. The van der Waals surface area contributed by atoms with E-state index in [9.17, 15) is 9.90 Å². The van der Waals surface area contributed by atoms with Crippen molar-refractivity contribution in [2.45, 2.75) is 0 Å². The number of nitrogens with one attached hydrogen (secondary N) is 1. The van der Waals surface area contributed by atoms with Crippen molar-refractivity contribution >= 4 is 38.3 Å². The van der Waals surface area contributed by atoms with Crippen molar-refractivity contribution in [2.24, 2.45) is 0 Å². The predicted molar refractivity (Wildman–Crippen MR) is 63.7 cm³/mol. The maximum atomic E-state index is 11.7. The third-order valence-corrected chi connectivity index (χ3v) is 3.07. The number of halogens is 1. The van der Waals surface area contributed by atoms with Gasteiger partial charge < -0.3 is 5.11 Å². The van der Waals surface area contributed by atoms with Crippen LogP contribution in [-0.4, -0.2) is 21.2 Å². The average Bonchev–Trinajstić information content (AvgIpc) is 2.74. The van der Waals surface area contributed by atoms with Crippen molar-refractivity contribution in [1.82, 2.24) is 10.2 Å². The lowest BCUT2D eigenvalue weighted by Gasteiger charge is -2.02. The summed E-state index contributed by atoms with van der Waals surface area (Å²) in [7, 11) is 0. The summed E-state index contributed by atoms with van der Waals surface area (Å²) in [5, 5.41) is 19.7. The van der Waals surface area contributed by atoms with E-state index in [1.807, 2.05) is 0 Å². The molecule has 2 rings (SSSR count). The van der Waals surface area contributed by atoms with Crippen LogP contribution in [0.25, 0.3) is 0 Å². The summed E-state index contributed by atoms with van der Waals surface area (Å²) in [6.07, 6.45) is 0. The van der Waals surface area contributed by atoms with Gasteiger partial charge in [-0.15, -0.1) is 10.2 Å². The number of phenols is 1. The van der Waals surface area contributed by atoms with E-state index in [-0.39, 0.29) is 11.7 Å². The number of hydrogen-bond acceptors (Lipinski definition) is 5. The number of phenolic OH excluding ortho intramolecular Hbond substituents is 1. The Bertz CT molecular complexity index is 515. The number of carbonyl (C=O) groups is 1. The molecule has 0 saturated heterocycles. The van der Waals surface area contributed by atoms with Gasteiger partial charge >= 0.3 is 0 Å². The van der Waals surface area contributed by atoms with E-state index >= 15 is 0 Å². The number of benzene rings is 1. The van der Waals surface area contributed by atoms with E-state index in [2.05, 4.69) is 31.4 Å². The highest BCUT2D eigenvalue weighted by Gasteiger charge is 2.09. The Morgan fingerprint density at radius 2 is 2.31 bits per heavy atom. The zero-order valence-corrected chi connectivity index (χ0v) is 10.2. The Morgan fingerprint density at radius 3 is 2.94 bits per heavy atom. The molecule has 0 saturated carbocycles. The maximum Gasteiger partial charge on any atom is 0.257 e. The van der Waals surface area contributed by atoms with E-state index in [1.165, 1.54) is 22.9 Å². The highest BCUT2D eigenvalue weighted by molar-refractivity contribution is 9.10. The molecule has 82 valence electrons. The summed E-state index contributed by atoms with van der Waals surface area (Å²) in [6.45, 7) is 0. The fourth-order valence-electron chi connectivity index (χ4n) is 1.05. The summed E-state index contributed by atoms with van der Waals surface area (Å²) >= 11 is 4.36. The number of amides is 1. The fraction of sp³-hybridized carbons (Fsp3) is 0. The minimum absolute atomic E-state index is 0.0184. The molecular weight excluding hydrogens is 294 g/mol. The molecule has 2 aromatic rings. The van der Waals surface area contributed by atoms with Gasteiger partial charge in [0.05, 0.1) is 4.47 Å². The molecule has 16 heavy (non-hydrogen) atoms. The highest BCUT2D eigenvalue weighted by Crippen LogP contribution is 2.24. The second-order valence-electron chi connectivity index (χ2n) is 2.86. The summed E-state index contributed by atoms with van der Waals surface area (Å²) in [6, 6.07) is 4.57. The molecule has 2 N–H and O–H groups in total. The molecule has 0 bridgehead atoms. The topological polar surface area (TPSA) is 75.1 Å². The van der Waals surface area contributed by atoms with Gasteiger partial charge in [-0.2, -0.15) is 0 Å². The van der Waals surface area contributed by atoms with Crippen LogP contribution in [0.4, 0.5) is 5.13 Å². The largest absolute Gasteiger partial charge is 0.507 e. The van der Waals surface area contributed by atoms with Crippen LogP contribution in [0.15, 0.2) is 28.2 Å². The van der Waals surface area contributed by atoms with Gasteiger partial charge in [0.25, 0.3) is 5.91 Å². The van der Waals surface area contributed by atoms with Gasteiger partial charge in [0.1, 0.15) is 11.3 Å². The molecule has 1 aromatic carbocycles. The standard InChI is InChI=1S/C9H6BrN3O2S/c10-6-2-1-5(3-7(6)14)8(15)12-9-13-11-4-16-9/h1-4,14H,(H,12,13,15). The van der Waals surface area contributed by atoms with Crippen LogP contribution in [0.1, 0.15) is 10.4 Å². The minimum Gasteiger partial charge on any atom is -0.507 e. The number of nitrogens with zero attached hydrogens (tertiary/aromatic N) is 2. The second kappa shape index (κ2) is 4.58. The predicted octanol–water partition coefficient (Wildman–Crippen LogP) is 2.26. The Morgan fingerprint density at radius 1 is 1.50 bits per heavy atom. The normalized spacial score (nSPS) is 10.1. The second-order valence-corrected chi connectivity index (χ2v) is 4.55. The lowest BCUT2D eigenvalue weighted by Crippen LogP contribution is -2.11. The summed E-state index contributed by atoms with van der Waals surface area (Å²) < 4.78 is 0.542. The minimum atomic E-state index is -0.334. The summed E-state index contributed by atoms with van der Waals surface area (Å²) in [5.74, 6) is -0.315. The summed E-state index contributed by atoms with van der Waals surface area (Å²) in [5.41, 5.74) is 1.88. The van der Waals surface area contributed by atoms with Gasteiger partial charge in [-0.1, -0.05) is 11.3 Å². The average molecular weight is 300 g/mol. The number of rotatable bonds is 2. The van der Waals surface area contributed by atoms with Crippen molar-refractivity contribution in [3.05, 3.63) is 33.7 Å². The smallest absolute Gasteiger partial charge is 0.257 e. The van der Waals surface area contributed by atoms with Crippen molar-refractivity contribution in [1.29, 1.82) is 0 Å². The van der Waals surface area contributed by atoms with Crippen molar-refractivity contribution in [3.63, 3.8) is 0 Å². The lowest BCUT2D eigenvalue weighted by atomic mass is 10.2. The fourth-order valence-corrected chi connectivity index (χ4v) is 1.74. The molecule has 0 aliphatic rings. The number of aromatic hydroxyl groups is 1. The molecule has 1 amide bonds. The third-order valence-electron chi connectivity index (χ3n) is 1.79. The summed E-state index contributed by atoms with van der Waals surface area (Å²) in [4.78, 5) is 11.7. The monoisotopic (exact) mass is 299 g/mol. The van der Waals surface area contributed by atoms with Crippen molar-refractivity contribution in [3.8, 4) is 5.75 Å². The third kappa shape index (κ3) is 2.37. The van der Waals surface area contributed by atoms with Crippen molar-refractivity contribution in [2.75, 3.05) is 5.32 Å².